The Hall–Kier alpha value is -2.28. The van der Waals surface area contributed by atoms with Crippen molar-refractivity contribution in [3.63, 3.8) is 0 Å². The number of aliphatic hydroxyl groups excluding tert-OH is 1. The van der Waals surface area contributed by atoms with E-state index in [1.807, 2.05) is 0 Å². The molecule has 1 fully saturated rings. The molecule has 0 amide bonds. The lowest BCUT2D eigenvalue weighted by Crippen LogP contribution is -2.63. The summed E-state index contributed by atoms with van der Waals surface area (Å²) in [5.74, 6) is -2.77. The van der Waals surface area contributed by atoms with Crippen molar-refractivity contribution >= 4 is 23.9 Å². The fraction of sp³-hybridized carbons (Fsp3) is 0.778. The Labute approximate surface area is 173 Å². The molecule has 3 unspecified atom stereocenters. The first-order chi connectivity index (χ1) is 14.1. The van der Waals surface area contributed by atoms with Gasteiger partial charge in [0.25, 0.3) is 0 Å². The molecule has 0 aromatic carbocycles. The van der Waals surface area contributed by atoms with Crippen LogP contribution in [0.5, 0.6) is 0 Å². The van der Waals surface area contributed by atoms with E-state index in [-0.39, 0.29) is 33.0 Å². The van der Waals surface area contributed by atoms with Crippen LogP contribution in [-0.4, -0.2) is 92.7 Å². The van der Waals surface area contributed by atoms with Crippen molar-refractivity contribution in [2.75, 3.05) is 33.0 Å². The first kappa shape index (κ1) is 25.8. The third-order valence-electron chi connectivity index (χ3n) is 3.69. The fourth-order valence-electron chi connectivity index (χ4n) is 2.71. The Kier molecular flexibility index (Phi) is 11.3. The van der Waals surface area contributed by atoms with E-state index < -0.39 is 54.6 Å². The Bertz CT molecular complexity index is 592. The minimum absolute atomic E-state index is 0.0201. The third-order valence-corrected chi connectivity index (χ3v) is 3.69. The second-order valence-corrected chi connectivity index (χ2v) is 6.27. The molecule has 1 saturated heterocycles. The summed E-state index contributed by atoms with van der Waals surface area (Å²) in [6.07, 6.45) is -6.11. The van der Waals surface area contributed by atoms with Gasteiger partial charge in [0.2, 0.25) is 0 Å². The average molecular weight is 436 g/mol. The molecule has 0 saturated carbocycles. The van der Waals surface area contributed by atoms with Gasteiger partial charge in [-0.2, -0.15) is 0 Å². The molecule has 1 aliphatic rings. The highest BCUT2D eigenvalue weighted by molar-refractivity contribution is 5.68. The minimum atomic E-state index is -1.28. The van der Waals surface area contributed by atoms with Gasteiger partial charge in [-0.25, -0.2) is 0 Å². The first-order valence-corrected chi connectivity index (χ1v) is 9.26. The number of carbonyl (C=O) groups excluding carboxylic acids is 4. The van der Waals surface area contributed by atoms with Gasteiger partial charge in [-0.15, -0.1) is 0 Å². The normalized spacial score (nSPS) is 25.8. The van der Waals surface area contributed by atoms with Gasteiger partial charge in [0.05, 0.1) is 26.4 Å². The highest BCUT2D eigenvalue weighted by atomic mass is 16.7. The number of esters is 4. The number of hydrogen-bond donors (Lipinski definition) is 1. The van der Waals surface area contributed by atoms with Crippen molar-refractivity contribution in [1.29, 1.82) is 0 Å². The van der Waals surface area contributed by atoms with Gasteiger partial charge in [0.1, 0.15) is 12.7 Å². The van der Waals surface area contributed by atoms with Crippen molar-refractivity contribution in [2.45, 2.75) is 58.4 Å². The van der Waals surface area contributed by atoms with Crippen LogP contribution in [-0.2, 0) is 52.3 Å². The van der Waals surface area contributed by atoms with Crippen LogP contribution in [0.3, 0.4) is 0 Å². The standard InChI is InChI=1S/C18H28O12/c1-10(20)26-9-14-15(27-11(2)21)16(28-12(3)22)17(29-13(4)23)18(30-14)25-8-7-24-6-5-19/h14-19H,5-9H2,1-4H3/t14?,15-,16?,17?,18+/m0/s1. The summed E-state index contributed by atoms with van der Waals surface area (Å²) in [7, 11) is 0. The molecule has 1 heterocycles. The second-order valence-electron chi connectivity index (χ2n) is 6.27. The summed E-state index contributed by atoms with van der Waals surface area (Å²) in [6.45, 7) is 4.25. The predicted octanol–water partition coefficient (Wildman–Crippen LogP) is -0.905. The maximum atomic E-state index is 11.7. The van der Waals surface area contributed by atoms with E-state index in [0.29, 0.717) is 0 Å². The largest absolute Gasteiger partial charge is 0.463 e. The molecule has 12 nitrogen and oxygen atoms in total. The highest BCUT2D eigenvalue weighted by Gasteiger charge is 2.52. The van der Waals surface area contributed by atoms with E-state index in [1.165, 1.54) is 6.92 Å². The maximum absolute atomic E-state index is 11.7. The lowest BCUT2D eigenvalue weighted by atomic mass is 9.98. The van der Waals surface area contributed by atoms with E-state index in [4.69, 9.17) is 38.3 Å². The van der Waals surface area contributed by atoms with Gasteiger partial charge in [-0.05, 0) is 0 Å². The summed E-state index contributed by atoms with van der Waals surface area (Å²) in [5, 5.41) is 8.73. The predicted molar refractivity (Wildman–Crippen MR) is 95.8 cm³/mol. The van der Waals surface area contributed by atoms with Crippen LogP contribution in [0, 0.1) is 0 Å². The van der Waals surface area contributed by atoms with Crippen molar-refractivity contribution in [3.8, 4) is 0 Å². The smallest absolute Gasteiger partial charge is 0.303 e. The number of hydrogen-bond acceptors (Lipinski definition) is 12. The third kappa shape index (κ3) is 9.03. The monoisotopic (exact) mass is 436 g/mol. The van der Waals surface area contributed by atoms with Gasteiger partial charge >= 0.3 is 23.9 Å². The molecular weight excluding hydrogens is 408 g/mol. The Morgan fingerprint density at radius 3 is 1.87 bits per heavy atom. The van der Waals surface area contributed by atoms with Crippen LogP contribution in [0.4, 0.5) is 0 Å². The number of aliphatic hydroxyl groups is 1. The van der Waals surface area contributed by atoms with E-state index in [9.17, 15) is 19.2 Å². The van der Waals surface area contributed by atoms with Crippen molar-refractivity contribution in [2.24, 2.45) is 0 Å². The van der Waals surface area contributed by atoms with Crippen molar-refractivity contribution in [3.05, 3.63) is 0 Å². The molecule has 1 aliphatic heterocycles. The van der Waals surface area contributed by atoms with E-state index >= 15 is 0 Å². The zero-order valence-electron chi connectivity index (χ0n) is 17.4. The van der Waals surface area contributed by atoms with Crippen LogP contribution < -0.4 is 0 Å². The second kappa shape index (κ2) is 13.1. The Morgan fingerprint density at radius 2 is 1.33 bits per heavy atom. The zero-order valence-corrected chi connectivity index (χ0v) is 17.4. The minimum Gasteiger partial charge on any atom is -0.463 e. The van der Waals surface area contributed by atoms with Crippen molar-refractivity contribution < 1.29 is 57.4 Å². The Balaban J connectivity index is 3.13. The quantitative estimate of drug-likeness (QED) is 0.242. The van der Waals surface area contributed by atoms with Crippen molar-refractivity contribution in [1.82, 2.24) is 0 Å². The SMILES string of the molecule is CC(=O)OCC1O[C@@H](OCCOCCO)C(OC(C)=O)C(OC(C)=O)[C@H]1OC(C)=O. The van der Waals surface area contributed by atoms with E-state index in [1.54, 1.807) is 0 Å². The Morgan fingerprint density at radius 1 is 0.767 bits per heavy atom. The highest BCUT2D eigenvalue weighted by Crippen LogP contribution is 2.29. The molecule has 1 N–H and O–H groups in total. The molecule has 0 bridgehead atoms. The van der Waals surface area contributed by atoms with Gasteiger partial charge in [0.15, 0.2) is 24.6 Å². The molecule has 0 radical (unpaired) electrons. The van der Waals surface area contributed by atoms with Crippen LogP contribution in [0.1, 0.15) is 27.7 Å². The van der Waals surface area contributed by atoms with Gasteiger partial charge in [0, 0.05) is 27.7 Å². The number of ether oxygens (including phenoxy) is 7. The first-order valence-electron chi connectivity index (χ1n) is 9.26. The number of rotatable bonds is 11. The molecule has 0 spiro atoms. The zero-order chi connectivity index (χ0) is 22.7. The summed E-state index contributed by atoms with van der Waals surface area (Å²) in [6, 6.07) is 0. The van der Waals surface area contributed by atoms with E-state index in [0.717, 1.165) is 20.8 Å². The summed E-state index contributed by atoms with van der Waals surface area (Å²) in [4.78, 5) is 46.1. The van der Waals surface area contributed by atoms with E-state index in [2.05, 4.69) is 0 Å². The summed E-state index contributed by atoms with van der Waals surface area (Å²) in [5.41, 5.74) is 0. The van der Waals surface area contributed by atoms with Crippen LogP contribution in [0.25, 0.3) is 0 Å². The average Bonchev–Trinajstić information content (AvgIpc) is 2.63. The topological polar surface area (TPSA) is 153 Å². The molecule has 1 rings (SSSR count). The molecule has 0 aromatic rings. The molecule has 12 heteroatoms. The maximum Gasteiger partial charge on any atom is 0.303 e. The van der Waals surface area contributed by atoms with Crippen LogP contribution >= 0.6 is 0 Å². The lowest BCUT2D eigenvalue weighted by molar-refractivity contribution is -0.309. The van der Waals surface area contributed by atoms with Gasteiger partial charge in [-0.1, -0.05) is 0 Å². The molecule has 5 atom stereocenters. The molecule has 0 aliphatic carbocycles. The summed E-state index contributed by atoms with van der Waals surface area (Å²) >= 11 is 0. The molecule has 30 heavy (non-hydrogen) atoms. The van der Waals surface area contributed by atoms with Crippen LogP contribution in [0.2, 0.25) is 0 Å². The summed E-state index contributed by atoms with van der Waals surface area (Å²) < 4.78 is 37.1. The van der Waals surface area contributed by atoms with Gasteiger partial charge < -0.3 is 38.3 Å². The lowest BCUT2D eigenvalue weighted by Gasteiger charge is -2.44. The van der Waals surface area contributed by atoms with Crippen LogP contribution in [0.15, 0.2) is 0 Å². The molecule has 172 valence electrons. The molecule has 0 aromatic heterocycles. The fourth-order valence-corrected chi connectivity index (χ4v) is 2.71. The molecular formula is C18H28O12. The van der Waals surface area contributed by atoms with Gasteiger partial charge in [-0.3, -0.25) is 19.2 Å². The number of carbonyl (C=O) groups is 4.